The molecule has 0 unspecified atom stereocenters. The van der Waals surface area contributed by atoms with Crippen LogP contribution in [-0.2, 0) is 9.59 Å². The molecular weight excluding hydrogens is 210 g/mol. The number of aliphatic carboxylic acids is 1. The fraction of sp³-hybridized carbons (Fsp3) is 0.818. The average molecular weight is 229 g/mol. The van der Waals surface area contributed by atoms with Gasteiger partial charge < -0.3 is 15.5 Å². The van der Waals surface area contributed by atoms with Gasteiger partial charge in [0.1, 0.15) is 0 Å². The molecule has 92 valence electrons. The Morgan fingerprint density at radius 2 is 1.81 bits per heavy atom. The fourth-order valence-electron chi connectivity index (χ4n) is 2.46. The van der Waals surface area contributed by atoms with Crippen LogP contribution in [-0.4, -0.2) is 35.2 Å². The van der Waals surface area contributed by atoms with Crippen molar-refractivity contribution in [1.82, 2.24) is 5.32 Å². The first-order chi connectivity index (χ1) is 7.58. The summed E-state index contributed by atoms with van der Waals surface area (Å²) in [6.07, 6.45) is 3.96. The molecule has 16 heavy (non-hydrogen) atoms. The van der Waals surface area contributed by atoms with Crippen molar-refractivity contribution >= 4 is 11.9 Å². The first-order valence-electron chi connectivity index (χ1n) is 5.67. The summed E-state index contributed by atoms with van der Waals surface area (Å²) in [6, 6.07) is 0. The van der Waals surface area contributed by atoms with Crippen molar-refractivity contribution in [2.24, 2.45) is 5.41 Å². The molecule has 1 fully saturated rings. The number of carboxylic acids is 1. The summed E-state index contributed by atoms with van der Waals surface area (Å²) in [5, 5.41) is 20.0. The maximum absolute atomic E-state index is 11.5. The number of nitrogens with one attached hydrogen (secondary N) is 1. The van der Waals surface area contributed by atoms with Crippen LogP contribution in [0.5, 0.6) is 0 Å². The number of rotatable bonds is 6. The fourth-order valence-corrected chi connectivity index (χ4v) is 2.46. The summed E-state index contributed by atoms with van der Waals surface area (Å²) in [5.74, 6) is -0.992. The van der Waals surface area contributed by atoms with Crippen molar-refractivity contribution < 1.29 is 19.8 Å². The molecule has 0 aromatic carbocycles. The molecule has 0 aliphatic heterocycles. The monoisotopic (exact) mass is 229 g/mol. The molecular formula is C11H19NO4. The number of aliphatic hydroxyl groups excluding tert-OH is 1. The Balaban J connectivity index is 2.50. The predicted octanol–water partition coefficient (Wildman–Crippen LogP) is 0.520. The molecule has 3 N–H and O–H groups in total. The third kappa shape index (κ3) is 3.81. The molecule has 0 saturated heterocycles. The second-order valence-electron chi connectivity index (χ2n) is 4.53. The Kier molecular flexibility index (Phi) is 4.73. The van der Waals surface area contributed by atoms with Gasteiger partial charge >= 0.3 is 5.97 Å². The summed E-state index contributed by atoms with van der Waals surface area (Å²) >= 11 is 0. The highest BCUT2D eigenvalue weighted by atomic mass is 16.4. The van der Waals surface area contributed by atoms with E-state index in [0.717, 1.165) is 25.7 Å². The third-order valence-electron chi connectivity index (χ3n) is 3.16. The maximum Gasteiger partial charge on any atom is 0.303 e. The van der Waals surface area contributed by atoms with Crippen LogP contribution in [0.15, 0.2) is 0 Å². The van der Waals surface area contributed by atoms with Gasteiger partial charge in [-0.25, -0.2) is 0 Å². The molecule has 1 amide bonds. The molecule has 0 aromatic heterocycles. The molecule has 5 nitrogen and oxygen atoms in total. The van der Waals surface area contributed by atoms with Crippen LogP contribution in [0.1, 0.15) is 38.5 Å². The van der Waals surface area contributed by atoms with Gasteiger partial charge in [0.2, 0.25) is 5.91 Å². The first kappa shape index (κ1) is 13.0. The third-order valence-corrected chi connectivity index (χ3v) is 3.16. The smallest absolute Gasteiger partial charge is 0.303 e. The Hall–Kier alpha value is -1.10. The van der Waals surface area contributed by atoms with E-state index >= 15 is 0 Å². The van der Waals surface area contributed by atoms with Crippen LogP contribution < -0.4 is 5.32 Å². The van der Waals surface area contributed by atoms with E-state index in [-0.39, 0.29) is 37.3 Å². The number of aliphatic hydroxyl groups is 1. The van der Waals surface area contributed by atoms with Gasteiger partial charge in [0.15, 0.2) is 0 Å². The van der Waals surface area contributed by atoms with Crippen LogP contribution in [0.2, 0.25) is 0 Å². The van der Waals surface area contributed by atoms with Gasteiger partial charge in [0.25, 0.3) is 0 Å². The van der Waals surface area contributed by atoms with E-state index in [1.807, 2.05) is 0 Å². The van der Waals surface area contributed by atoms with E-state index in [9.17, 15) is 9.59 Å². The van der Waals surface area contributed by atoms with Gasteiger partial charge in [-0.3, -0.25) is 9.59 Å². The zero-order valence-corrected chi connectivity index (χ0v) is 9.37. The zero-order chi connectivity index (χ0) is 12.0. The van der Waals surface area contributed by atoms with Crippen LogP contribution in [0.25, 0.3) is 0 Å². The largest absolute Gasteiger partial charge is 0.481 e. The van der Waals surface area contributed by atoms with Crippen molar-refractivity contribution in [3.05, 3.63) is 0 Å². The molecule has 0 spiro atoms. The Labute approximate surface area is 94.8 Å². The van der Waals surface area contributed by atoms with Crippen LogP contribution in [0.4, 0.5) is 0 Å². The summed E-state index contributed by atoms with van der Waals surface area (Å²) in [6.45, 7) is 0.152. The summed E-state index contributed by atoms with van der Waals surface area (Å²) < 4.78 is 0. The quantitative estimate of drug-likeness (QED) is 0.619. The number of amides is 1. The van der Waals surface area contributed by atoms with E-state index in [4.69, 9.17) is 10.2 Å². The van der Waals surface area contributed by atoms with E-state index < -0.39 is 5.97 Å². The molecule has 1 saturated carbocycles. The molecule has 1 aliphatic rings. The normalized spacial score (nSPS) is 18.3. The summed E-state index contributed by atoms with van der Waals surface area (Å²) in [4.78, 5) is 22.3. The highest BCUT2D eigenvalue weighted by Crippen LogP contribution is 2.43. The van der Waals surface area contributed by atoms with E-state index in [1.165, 1.54) is 0 Å². The molecule has 0 atom stereocenters. The van der Waals surface area contributed by atoms with Crippen molar-refractivity contribution in [2.75, 3.05) is 13.2 Å². The van der Waals surface area contributed by atoms with Crippen LogP contribution in [0.3, 0.4) is 0 Å². The second kappa shape index (κ2) is 5.84. The van der Waals surface area contributed by atoms with Gasteiger partial charge in [0.05, 0.1) is 13.0 Å². The lowest BCUT2D eigenvalue weighted by molar-refractivity contribution is -0.140. The second-order valence-corrected chi connectivity index (χ2v) is 4.53. The Morgan fingerprint density at radius 3 is 2.31 bits per heavy atom. The van der Waals surface area contributed by atoms with E-state index in [0.29, 0.717) is 0 Å². The zero-order valence-electron chi connectivity index (χ0n) is 9.37. The Morgan fingerprint density at radius 1 is 1.19 bits per heavy atom. The molecule has 1 aliphatic carbocycles. The first-order valence-corrected chi connectivity index (χ1v) is 5.67. The number of hydrogen-bond acceptors (Lipinski definition) is 3. The molecule has 0 aromatic rings. The molecule has 5 heteroatoms. The van der Waals surface area contributed by atoms with Gasteiger partial charge in [-0.1, -0.05) is 12.8 Å². The van der Waals surface area contributed by atoms with Crippen LogP contribution in [0, 0.1) is 5.41 Å². The highest BCUT2D eigenvalue weighted by Gasteiger charge is 2.37. The number of carbonyl (C=O) groups excluding carboxylic acids is 1. The number of carbonyl (C=O) groups is 2. The molecule has 0 bridgehead atoms. The minimum atomic E-state index is -0.836. The van der Waals surface area contributed by atoms with E-state index in [1.54, 1.807) is 0 Å². The standard InChI is InChI=1S/C11H19NO4/c13-6-5-12-9(14)7-11(8-10(15)16)3-1-2-4-11/h13H,1-8H2,(H,12,14)(H,15,16). The van der Waals surface area contributed by atoms with Crippen molar-refractivity contribution in [3.63, 3.8) is 0 Å². The lowest BCUT2D eigenvalue weighted by Gasteiger charge is -2.26. The summed E-state index contributed by atoms with van der Waals surface area (Å²) in [5.41, 5.74) is -0.356. The highest BCUT2D eigenvalue weighted by molar-refractivity contribution is 5.78. The lowest BCUT2D eigenvalue weighted by Crippen LogP contribution is -2.33. The number of carboxylic acid groups (broad SMARTS) is 1. The molecule has 0 radical (unpaired) electrons. The Bertz CT molecular complexity index is 259. The van der Waals surface area contributed by atoms with Crippen LogP contribution >= 0.6 is 0 Å². The predicted molar refractivity (Wildman–Crippen MR) is 57.9 cm³/mol. The maximum atomic E-state index is 11.5. The molecule has 1 rings (SSSR count). The lowest BCUT2D eigenvalue weighted by atomic mass is 9.79. The van der Waals surface area contributed by atoms with Gasteiger partial charge in [-0.05, 0) is 18.3 Å². The van der Waals surface area contributed by atoms with E-state index in [2.05, 4.69) is 5.32 Å². The van der Waals surface area contributed by atoms with Crippen molar-refractivity contribution in [1.29, 1.82) is 0 Å². The van der Waals surface area contributed by atoms with Gasteiger partial charge in [-0.2, -0.15) is 0 Å². The van der Waals surface area contributed by atoms with Crippen molar-refractivity contribution in [2.45, 2.75) is 38.5 Å². The number of hydrogen-bond donors (Lipinski definition) is 3. The van der Waals surface area contributed by atoms with Crippen molar-refractivity contribution in [3.8, 4) is 0 Å². The van der Waals surface area contributed by atoms with Gasteiger partial charge in [-0.15, -0.1) is 0 Å². The molecule has 0 heterocycles. The topological polar surface area (TPSA) is 86.6 Å². The summed E-state index contributed by atoms with van der Waals surface area (Å²) in [7, 11) is 0. The average Bonchev–Trinajstić information content (AvgIpc) is 2.62. The minimum Gasteiger partial charge on any atom is -0.481 e. The van der Waals surface area contributed by atoms with Gasteiger partial charge in [0, 0.05) is 13.0 Å². The minimum absolute atomic E-state index is 0.0690. The SMILES string of the molecule is O=C(O)CC1(CC(=O)NCCO)CCCC1.